The highest BCUT2D eigenvalue weighted by atomic mass is 16.4. The van der Waals surface area contributed by atoms with E-state index in [1.54, 1.807) is 7.05 Å². The summed E-state index contributed by atoms with van der Waals surface area (Å²) in [5, 5.41) is 9.52. The first kappa shape index (κ1) is 15.1. The van der Waals surface area contributed by atoms with E-state index in [4.69, 9.17) is 0 Å². The molecule has 2 fully saturated rings. The van der Waals surface area contributed by atoms with Crippen LogP contribution in [-0.4, -0.2) is 35.0 Å². The van der Waals surface area contributed by atoms with Gasteiger partial charge < -0.3 is 10.0 Å². The van der Waals surface area contributed by atoms with E-state index in [9.17, 15) is 14.7 Å². The Morgan fingerprint density at radius 2 is 1.91 bits per heavy atom. The molecule has 0 aliphatic heterocycles. The molecule has 1 aromatic rings. The fraction of sp³-hybridized carbons (Fsp3) is 0.556. The van der Waals surface area contributed by atoms with Gasteiger partial charge in [-0.25, -0.2) is 4.79 Å². The lowest BCUT2D eigenvalue weighted by Gasteiger charge is -2.26. The minimum Gasteiger partial charge on any atom is -0.480 e. The van der Waals surface area contributed by atoms with Crippen molar-refractivity contribution in [3.63, 3.8) is 0 Å². The normalized spacial score (nSPS) is 23.2. The first-order chi connectivity index (χ1) is 10.5. The SMILES string of the molecule is CN(C(=O)C1CC12CCCC2)C(Cc1ccccc1)C(=O)O. The number of carboxylic acids is 1. The second kappa shape index (κ2) is 5.75. The fourth-order valence-electron chi connectivity index (χ4n) is 3.96. The van der Waals surface area contributed by atoms with Crippen LogP contribution in [0.25, 0.3) is 0 Å². The smallest absolute Gasteiger partial charge is 0.326 e. The van der Waals surface area contributed by atoms with Crippen molar-refractivity contribution in [3.8, 4) is 0 Å². The molecule has 2 atom stereocenters. The molecule has 4 nitrogen and oxygen atoms in total. The number of rotatable bonds is 5. The number of hydrogen-bond acceptors (Lipinski definition) is 2. The molecule has 0 heterocycles. The van der Waals surface area contributed by atoms with Crippen molar-refractivity contribution >= 4 is 11.9 Å². The average Bonchev–Trinajstić information content (AvgIpc) is 3.01. The van der Waals surface area contributed by atoms with E-state index in [2.05, 4.69) is 0 Å². The van der Waals surface area contributed by atoms with E-state index in [1.165, 1.54) is 17.7 Å². The van der Waals surface area contributed by atoms with Gasteiger partial charge in [0.05, 0.1) is 0 Å². The number of hydrogen-bond donors (Lipinski definition) is 1. The summed E-state index contributed by atoms with van der Waals surface area (Å²) in [5.74, 6) is -0.858. The summed E-state index contributed by atoms with van der Waals surface area (Å²) in [7, 11) is 1.64. The highest BCUT2D eigenvalue weighted by molar-refractivity contribution is 5.87. The number of amides is 1. The van der Waals surface area contributed by atoms with Gasteiger partial charge in [-0.15, -0.1) is 0 Å². The van der Waals surface area contributed by atoms with Crippen LogP contribution < -0.4 is 0 Å². The quantitative estimate of drug-likeness (QED) is 0.909. The Hall–Kier alpha value is -1.84. The van der Waals surface area contributed by atoms with Gasteiger partial charge in [0.2, 0.25) is 5.91 Å². The summed E-state index contributed by atoms with van der Waals surface area (Å²) in [6, 6.07) is 8.72. The summed E-state index contributed by atoms with van der Waals surface area (Å²) >= 11 is 0. The minimum absolute atomic E-state index is 0.0187. The molecule has 0 bridgehead atoms. The van der Waals surface area contributed by atoms with Crippen LogP contribution in [0.15, 0.2) is 30.3 Å². The lowest BCUT2D eigenvalue weighted by Crippen LogP contribution is -2.45. The van der Waals surface area contributed by atoms with Crippen LogP contribution in [0.5, 0.6) is 0 Å². The lowest BCUT2D eigenvalue weighted by molar-refractivity contribution is -0.149. The lowest BCUT2D eigenvalue weighted by atomic mass is 10.00. The van der Waals surface area contributed by atoms with Crippen molar-refractivity contribution in [2.45, 2.75) is 44.6 Å². The van der Waals surface area contributed by atoms with Gasteiger partial charge >= 0.3 is 5.97 Å². The molecule has 2 saturated carbocycles. The molecule has 4 heteroatoms. The molecule has 0 saturated heterocycles. The van der Waals surface area contributed by atoms with Crippen molar-refractivity contribution in [1.29, 1.82) is 0 Å². The zero-order valence-electron chi connectivity index (χ0n) is 13.0. The molecule has 1 amide bonds. The monoisotopic (exact) mass is 301 g/mol. The van der Waals surface area contributed by atoms with Crippen LogP contribution in [0.4, 0.5) is 0 Å². The van der Waals surface area contributed by atoms with Crippen molar-refractivity contribution in [3.05, 3.63) is 35.9 Å². The van der Waals surface area contributed by atoms with Crippen LogP contribution in [0.2, 0.25) is 0 Å². The van der Waals surface area contributed by atoms with E-state index in [1.807, 2.05) is 30.3 Å². The summed E-state index contributed by atoms with van der Waals surface area (Å²) < 4.78 is 0. The molecule has 2 aliphatic rings. The van der Waals surface area contributed by atoms with E-state index in [0.29, 0.717) is 6.42 Å². The number of carbonyl (C=O) groups is 2. The van der Waals surface area contributed by atoms with Crippen LogP contribution in [0.3, 0.4) is 0 Å². The van der Waals surface area contributed by atoms with Gasteiger partial charge in [-0.05, 0) is 30.2 Å². The highest BCUT2D eigenvalue weighted by Gasteiger charge is 2.59. The predicted molar refractivity (Wildman–Crippen MR) is 83.3 cm³/mol. The van der Waals surface area contributed by atoms with Gasteiger partial charge in [-0.3, -0.25) is 4.79 Å². The maximum absolute atomic E-state index is 12.7. The molecular weight excluding hydrogens is 278 g/mol. The fourth-order valence-corrected chi connectivity index (χ4v) is 3.96. The Kier molecular flexibility index (Phi) is 3.94. The van der Waals surface area contributed by atoms with Gasteiger partial charge in [-0.2, -0.15) is 0 Å². The van der Waals surface area contributed by atoms with E-state index >= 15 is 0 Å². The molecule has 1 aromatic carbocycles. The number of carboxylic acid groups (broad SMARTS) is 1. The van der Waals surface area contributed by atoms with Crippen molar-refractivity contribution < 1.29 is 14.7 Å². The number of likely N-dealkylation sites (N-methyl/N-ethyl adjacent to an activating group) is 1. The third-order valence-electron chi connectivity index (χ3n) is 5.46. The first-order valence-corrected chi connectivity index (χ1v) is 8.07. The van der Waals surface area contributed by atoms with Gasteiger partial charge in [-0.1, -0.05) is 43.2 Å². The summed E-state index contributed by atoms with van der Waals surface area (Å²) in [6.07, 6.45) is 5.99. The molecule has 1 N–H and O–H groups in total. The highest BCUT2D eigenvalue weighted by Crippen LogP contribution is 2.63. The molecule has 2 unspecified atom stereocenters. The average molecular weight is 301 g/mol. The second-order valence-corrected chi connectivity index (χ2v) is 6.82. The van der Waals surface area contributed by atoms with Crippen molar-refractivity contribution in [2.24, 2.45) is 11.3 Å². The Labute approximate surface area is 131 Å². The van der Waals surface area contributed by atoms with Crippen LogP contribution in [0.1, 0.15) is 37.7 Å². The van der Waals surface area contributed by atoms with Gasteiger partial charge in [0.25, 0.3) is 0 Å². The maximum atomic E-state index is 12.7. The zero-order valence-corrected chi connectivity index (χ0v) is 13.0. The number of aliphatic carboxylic acids is 1. The molecule has 2 aliphatic carbocycles. The van der Waals surface area contributed by atoms with Crippen LogP contribution in [-0.2, 0) is 16.0 Å². The third-order valence-corrected chi connectivity index (χ3v) is 5.46. The number of benzene rings is 1. The number of nitrogens with zero attached hydrogens (tertiary/aromatic N) is 1. The molecule has 3 rings (SSSR count). The van der Waals surface area contributed by atoms with Gasteiger partial charge in [0.1, 0.15) is 6.04 Å². The summed E-state index contributed by atoms with van der Waals surface area (Å²) in [5.41, 5.74) is 1.15. The second-order valence-electron chi connectivity index (χ2n) is 6.82. The minimum atomic E-state index is -0.930. The molecule has 1 spiro atoms. The predicted octanol–water partition coefficient (Wildman–Crippen LogP) is 2.72. The van der Waals surface area contributed by atoms with Crippen molar-refractivity contribution in [1.82, 2.24) is 4.90 Å². The Balaban J connectivity index is 1.69. The Morgan fingerprint density at radius 1 is 1.27 bits per heavy atom. The molecular formula is C18H23NO3. The summed E-state index contributed by atoms with van der Waals surface area (Å²) in [4.78, 5) is 25.7. The third kappa shape index (κ3) is 2.74. The van der Waals surface area contributed by atoms with Crippen molar-refractivity contribution in [2.75, 3.05) is 7.05 Å². The zero-order chi connectivity index (χ0) is 15.7. The van der Waals surface area contributed by atoms with Gasteiger partial charge in [0, 0.05) is 19.4 Å². The largest absolute Gasteiger partial charge is 0.480 e. The maximum Gasteiger partial charge on any atom is 0.326 e. The number of carbonyl (C=O) groups excluding carboxylic acids is 1. The van der Waals surface area contributed by atoms with E-state index in [0.717, 1.165) is 24.8 Å². The standard InChI is InChI=1S/C18H23NO3/c1-19(16(20)14-12-18(14)9-5-6-10-18)15(17(21)22)11-13-7-3-2-4-8-13/h2-4,7-8,14-15H,5-6,9-12H2,1H3,(H,21,22). The molecule has 0 aromatic heterocycles. The van der Waals surface area contributed by atoms with E-state index < -0.39 is 12.0 Å². The Morgan fingerprint density at radius 3 is 2.50 bits per heavy atom. The molecule has 0 radical (unpaired) electrons. The van der Waals surface area contributed by atoms with E-state index in [-0.39, 0.29) is 17.2 Å². The molecule has 118 valence electrons. The van der Waals surface area contributed by atoms with Gasteiger partial charge in [0.15, 0.2) is 0 Å². The topological polar surface area (TPSA) is 57.6 Å². The van der Waals surface area contributed by atoms with Crippen LogP contribution in [0, 0.1) is 11.3 Å². The Bertz CT molecular complexity index is 563. The summed E-state index contributed by atoms with van der Waals surface area (Å²) in [6.45, 7) is 0. The first-order valence-electron chi connectivity index (χ1n) is 8.07. The molecule has 22 heavy (non-hydrogen) atoms. The van der Waals surface area contributed by atoms with Crippen LogP contribution >= 0.6 is 0 Å².